The number of fused-ring (bicyclic) bond motifs is 2. The fourth-order valence-corrected chi connectivity index (χ4v) is 2.23. The lowest BCUT2D eigenvalue weighted by Crippen LogP contribution is -2.26. The topological polar surface area (TPSA) is 40.6 Å². The molecule has 0 N–H and O–H groups in total. The van der Waals surface area contributed by atoms with Gasteiger partial charge in [-0.25, -0.2) is 4.98 Å². The summed E-state index contributed by atoms with van der Waals surface area (Å²) in [4.78, 5) is 4.48. The van der Waals surface area contributed by atoms with E-state index in [4.69, 9.17) is 14.2 Å². The van der Waals surface area contributed by atoms with Crippen LogP contribution in [0, 0.1) is 0 Å². The molecule has 2 aliphatic rings. The fraction of sp³-hybridized carbons (Fsp3) is 0.545. The second-order valence-corrected chi connectivity index (χ2v) is 3.95. The van der Waals surface area contributed by atoms with Crippen molar-refractivity contribution in [3.63, 3.8) is 0 Å². The van der Waals surface area contributed by atoms with Crippen LogP contribution in [-0.2, 0) is 21.7 Å². The molecule has 0 saturated carbocycles. The number of ether oxygens (including phenoxy) is 3. The van der Waals surface area contributed by atoms with Gasteiger partial charge in [-0.15, -0.1) is 0 Å². The van der Waals surface area contributed by atoms with Crippen molar-refractivity contribution in [3.8, 4) is 5.88 Å². The average molecular weight is 207 g/mol. The summed E-state index contributed by atoms with van der Waals surface area (Å²) in [6.07, 6.45) is 0.889. The molecule has 3 heterocycles. The predicted molar refractivity (Wildman–Crippen MR) is 52.7 cm³/mol. The molecule has 1 aromatic heterocycles. The Bertz CT molecular complexity index is 385. The van der Waals surface area contributed by atoms with Gasteiger partial charge in [0.15, 0.2) is 0 Å². The van der Waals surface area contributed by atoms with Crippen LogP contribution in [0.25, 0.3) is 0 Å². The molecule has 0 aromatic carbocycles. The van der Waals surface area contributed by atoms with Crippen molar-refractivity contribution in [2.75, 3.05) is 20.3 Å². The zero-order valence-electron chi connectivity index (χ0n) is 8.66. The molecule has 0 radical (unpaired) electrons. The SMILES string of the molecule is COc1ccc2c(n1)C1(CCOC1)OC2. The lowest BCUT2D eigenvalue weighted by Gasteiger charge is -2.20. The van der Waals surface area contributed by atoms with E-state index in [0.29, 0.717) is 19.1 Å². The number of methoxy groups -OCH3 is 1. The van der Waals surface area contributed by atoms with Crippen LogP contribution in [0.15, 0.2) is 12.1 Å². The van der Waals surface area contributed by atoms with Gasteiger partial charge >= 0.3 is 0 Å². The highest BCUT2D eigenvalue weighted by Gasteiger charge is 2.45. The first-order chi connectivity index (χ1) is 7.34. The van der Waals surface area contributed by atoms with Crippen molar-refractivity contribution >= 4 is 0 Å². The lowest BCUT2D eigenvalue weighted by atomic mass is 9.97. The monoisotopic (exact) mass is 207 g/mol. The summed E-state index contributed by atoms with van der Waals surface area (Å²) in [6.45, 7) is 1.99. The van der Waals surface area contributed by atoms with Crippen molar-refractivity contribution in [2.45, 2.75) is 18.6 Å². The molecule has 1 atom stereocenters. The Kier molecular flexibility index (Phi) is 1.94. The molecule has 2 aliphatic heterocycles. The molecule has 1 fully saturated rings. The maximum absolute atomic E-state index is 5.83. The van der Waals surface area contributed by atoms with Gasteiger partial charge < -0.3 is 14.2 Å². The maximum atomic E-state index is 5.83. The van der Waals surface area contributed by atoms with Crippen molar-refractivity contribution in [1.29, 1.82) is 0 Å². The van der Waals surface area contributed by atoms with Gasteiger partial charge in [0.25, 0.3) is 0 Å². The van der Waals surface area contributed by atoms with Gasteiger partial charge in [-0.1, -0.05) is 0 Å². The number of aromatic nitrogens is 1. The van der Waals surface area contributed by atoms with E-state index in [-0.39, 0.29) is 5.60 Å². The fourth-order valence-electron chi connectivity index (χ4n) is 2.23. The largest absolute Gasteiger partial charge is 0.481 e. The first kappa shape index (κ1) is 9.12. The number of hydrogen-bond acceptors (Lipinski definition) is 4. The summed E-state index contributed by atoms with van der Waals surface area (Å²) < 4.78 is 16.4. The smallest absolute Gasteiger partial charge is 0.213 e. The molecule has 15 heavy (non-hydrogen) atoms. The second-order valence-electron chi connectivity index (χ2n) is 3.95. The van der Waals surface area contributed by atoms with E-state index in [2.05, 4.69) is 4.98 Å². The average Bonchev–Trinajstić information content (AvgIpc) is 2.89. The summed E-state index contributed by atoms with van der Waals surface area (Å²) >= 11 is 0. The molecule has 3 rings (SSSR count). The summed E-state index contributed by atoms with van der Waals surface area (Å²) in [6, 6.07) is 3.89. The van der Waals surface area contributed by atoms with Crippen molar-refractivity contribution < 1.29 is 14.2 Å². The standard InChI is InChI=1S/C11H13NO3/c1-13-9-3-2-8-6-15-11(10(8)12-9)4-5-14-7-11/h2-3H,4-7H2,1H3. The number of rotatable bonds is 1. The van der Waals surface area contributed by atoms with Gasteiger partial charge in [0.05, 0.1) is 26.0 Å². The van der Waals surface area contributed by atoms with Gasteiger partial charge in [-0.2, -0.15) is 0 Å². The summed E-state index contributed by atoms with van der Waals surface area (Å²) in [5, 5.41) is 0. The minimum absolute atomic E-state index is 0.302. The Labute approximate surface area is 88.2 Å². The predicted octanol–water partition coefficient (Wildman–Crippen LogP) is 1.24. The Balaban J connectivity index is 2.07. The summed E-state index contributed by atoms with van der Waals surface area (Å²) in [5.74, 6) is 0.644. The van der Waals surface area contributed by atoms with Crippen LogP contribution < -0.4 is 4.74 Å². The van der Waals surface area contributed by atoms with Crippen LogP contribution >= 0.6 is 0 Å². The molecular weight excluding hydrogens is 194 g/mol. The van der Waals surface area contributed by atoms with Gasteiger partial charge in [-0.3, -0.25) is 0 Å². The Morgan fingerprint density at radius 2 is 2.40 bits per heavy atom. The van der Waals surface area contributed by atoms with Gasteiger partial charge in [0, 0.05) is 24.7 Å². The minimum atomic E-state index is -0.302. The molecule has 4 heteroatoms. The quantitative estimate of drug-likeness (QED) is 0.694. The van der Waals surface area contributed by atoms with E-state index < -0.39 is 0 Å². The van der Waals surface area contributed by atoms with E-state index >= 15 is 0 Å². The van der Waals surface area contributed by atoms with Crippen LogP contribution in [0.2, 0.25) is 0 Å². The minimum Gasteiger partial charge on any atom is -0.481 e. The Hall–Kier alpha value is -1.13. The van der Waals surface area contributed by atoms with E-state index in [1.165, 1.54) is 0 Å². The van der Waals surface area contributed by atoms with Crippen LogP contribution in [0.5, 0.6) is 5.88 Å². The molecule has 0 bridgehead atoms. The molecule has 1 spiro atoms. The number of hydrogen-bond donors (Lipinski definition) is 0. The van der Waals surface area contributed by atoms with Gasteiger partial charge in [-0.05, 0) is 6.07 Å². The summed E-state index contributed by atoms with van der Waals surface area (Å²) in [7, 11) is 1.63. The zero-order chi connectivity index (χ0) is 10.3. The number of nitrogens with zero attached hydrogens (tertiary/aromatic N) is 1. The third-order valence-electron chi connectivity index (χ3n) is 3.08. The molecule has 1 saturated heterocycles. The molecule has 1 unspecified atom stereocenters. The number of pyridine rings is 1. The normalized spacial score (nSPS) is 28.3. The highest BCUT2D eigenvalue weighted by Crippen LogP contribution is 2.41. The lowest BCUT2D eigenvalue weighted by molar-refractivity contribution is -0.0443. The van der Waals surface area contributed by atoms with Gasteiger partial charge in [0.1, 0.15) is 5.60 Å². The van der Waals surface area contributed by atoms with E-state index in [0.717, 1.165) is 24.3 Å². The maximum Gasteiger partial charge on any atom is 0.213 e. The summed E-state index contributed by atoms with van der Waals surface area (Å²) in [5.41, 5.74) is 1.85. The Morgan fingerprint density at radius 1 is 1.47 bits per heavy atom. The highest BCUT2D eigenvalue weighted by molar-refractivity contribution is 5.33. The molecule has 0 aliphatic carbocycles. The first-order valence-corrected chi connectivity index (χ1v) is 5.10. The van der Waals surface area contributed by atoms with Crippen molar-refractivity contribution in [2.24, 2.45) is 0 Å². The van der Waals surface area contributed by atoms with Crippen molar-refractivity contribution in [1.82, 2.24) is 4.98 Å². The van der Waals surface area contributed by atoms with Crippen LogP contribution in [-0.4, -0.2) is 25.3 Å². The third-order valence-corrected chi connectivity index (χ3v) is 3.08. The third kappa shape index (κ3) is 1.25. The van der Waals surface area contributed by atoms with E-state index in [1.54, 1.807) is 7.11 Å². The van der Waals surface area contributed by atoms with Crippen LogP contribution in [0.4, 0.5) is 0 Å². The second kappa shape index (κ2) is 3.18. The van der Waals surface area contributed by atoms with Crippen LogP contribution in [0.3, 0.4) is 0 Å². The van der Waals surface area contributed by atoms with E-state index in [9.17, 15) is 0 Å². The highest BCUT2D eigenvalue weighted by atomic mass is 16.6. The van der Waals surface area contributed by atoms with E-state index in [1.807, 2.05) is 12.1 Å². The first-order valence-electron chi connectivity index (χ1n) is 5.10. The van der Waals surface area contributed by atoms with Crippen molar-refractivity contribution in [3.05, 3.63) is 23.4 Å². The molecule has 1 aromatic rings. The van der Waals surface area contributed by atoms with Gasteiger partial charge in [0.2, 0.25) is 5.88 Å². The Morgan fingerprint density at radius 3 is 3.13 bits per heavy atom. The molecule has 4 nitrogen and oxygen atoms in total. The van der Waals surface area contributed by atoms with Crippen LogP contribution in [0.1, 0.15) is 17.7 Å². The molecule has 0 amide bonds. The molecule has 80 valence electrons. The zero-order valence-corrected chi connectivity index (χ0v) is 8.66. The molecular formula is C11H13NO3.